The van der Waals surface area contributed by atoms with Crippen LogP contribution in [0.1, 0.15) is 10.4 Å². The molecule has 0 aliphatic heterocycles. The molecule has 0 bridgehead atoms. The first-order chi connectivity index (χ1) is 10.5. The van der Waals surface area contributed by atoms with Crippen molar-refractivity contribution in [3.63, 3.8) is 0 Å². The lowest BCUT2D eigenvalue weighted by Gasteiger charge is -2.07. The highest BCUT2D eigenvalue weighted by Gasteiger charge is 2.19. The first-order valence-corrected chi connectivity index (χ1v) is 6.12. The number of anilines is 1. The summed E-state index contributed by atoms with van der Waals surface area (Å²) in [7, 11) is 0. The number of carbonyl (C=O) groups is 1. The number of hydrogen-bond donors (Lipinski definition) is 3. The maximum atomic E-state index is 13.5. The monoisotopic (exact) mass is 307 g/mol. The number of hydrogen-bond acceptors (Lipinski definition) is 2. The second-order valence-electron chi connectivity index (χ2n) is 4.52. The van der Waals surface area contributed by atoms with Crippen LogP contribution in [0.2, 0.25) is 0 Å². The van der Waals surface area contributed by atoms with Crippen molar-refractivity contribution < 1.29 is 18.0 Å². The summed E-state index contributed by atoms with van der Waals surface area (Å²) >= 11 is 0. The molecule has 2 aromatic carbocycles. The number of rotatable bonds is 2. The van der Waals surface area contributed by atoms with E-state index in [4.69, 9.17) is 0 Å². The molecule has 0 fully saturated rings. The molecule has 22 heavy (non-hydrogen) atoms. The largest absolute Gasteiger partial charge is 0.323 e. The number of halogens is 3. The molecule has 3 N–H and O–H groups in total. The van der Waals surface area contributed by atoms with Crippen molar-refractivity contribution in [2.75, 3.05) is 5.32 Å². The summed E-state index contributed by atoms with van der Waals surface area (Å²) < 4.78 is 39.5. The Morgan fingerprint density at radius 2 is 1.68 bits per heavy atom. The molecule has 112 valence electrons. The Hall–Kier alpha value is -3.03. The first kappa shape index (κ1) is 13.9. The smallest absolute Gasteiger partial charge is 0.322 e. The summed E-state index contributed by atoms with van der Waals surface area (Å²) in [5, 5.41) is 2.34. The molecule has 5 nitrogen and oxygen atoms in total. The highest BCUT2D eigenvalue weighted by molar-refractivity contribution is 6.05. The minimum atomic E-state index is -1.71. The number of fused-ring (bicyclic) bond motifs is 1. The van der Waals surface area contributed by atoms with Gasteiger partial charge in [-0.15, -0.1) is 0 Å². The van der Waals surface area contributed by atoms with Crippen LogP contribution in [0.3, 0.4) is 0 Å². The van der Waals surface area contributed by atoms with Crippen LogP contribution < -0.4 is 11.0 Å². The van der Waals surface area contributed by atoms with Crippen molar-refractivity contribution in [2.45, 2.75) is 0 Å². The van der Waals surface area contributed by atoms with Gasteiger partial charge in [0, 0.05) is 5.69 Å². The van der Waals surface area contributed by atoms with Crippen LogP contribution in [-0.2, 0) is 0 Å². The van der Waals surface area contributed by atoms with E-state index in [9.17, 15) is 22.8 Å². The zero-order chi connectivity index (χ0) is 15.9. The topological polar surface area (TPSA) is 77.8 Å². The highest BCUT2D eigenvalue weighted by atomic mass is 19.2. The third kappa shape index (κ3) is 2.34. The maximum absolute atomic E-state index is 13.5. The predicted molar refractivity (Wildman–Crippen MR) is 73.2 cm³/mol. The summed E-state index contributed by atoms with van der Waals surface area (Å²) in [4.78, 5) is 28.1. The molecule has 0 atom stereocenters. The zero-order valence-electron chi connectivity index (χ0n) is 10.8. The average Bonchev–Trinajstić information content (AvgIpc) is 2.84. The number of aromatic amines is 2. The number of H-pyrrole nitrogens is 2. The Labute approximate surface area is 120 Å². The predicted octanol–water partition coefficient (Wildman–Crippen LogP) is 2.53. The minimum Gasteiger partial charge on any atom is -0.322 e. The number of carbonyl (C=O) groups excluding carboxylic acids is 1. The van der Waals surface area contributed by atoms with Gasteiger partial charge in [0.2, 0.25) is 0 Å². The molecule has 0 saturated carbocycles. The molecule has 0 spiro atoms. The fourth-order valence-corrected chi connectivity index (χ4v) is 2.01. The molecule has 0 aliphatic rings. The minimum absolute atomic E-state index is 0.261. The van der Waals surface area contributed by atoms with Gasteiger partial charge in [0.1, 0.15) is 0 Å². The van der Waals surface area contributed by atoms with Gasteiger partial charge in [-0.25, -0.2) is 18.0 Å². The fourth-order valence-electron chi connectivity index (χ4n) is 2.01. The number of imidazole rings is 1. The van der Waals surface area contributed by atoms with Crippen LogP contribution in [0.15, 0.2) is 35.1 Å². The van der Waals surface area contributed by atoms with Crippen LogP contribution in [0.4, 0.5) is 18.9 Å². The number of benzene rings is 2. The summed E-state index contributed by atoms with van der Waals surface area (Å²) in [6, 6.07) is 5.97. The molecular weight excluding hydrogens is 299 g/mol. The quantitative estimate of drug-likeness (QED) is 0.636. The number of nitrogens with one attached hydrogen (secondary N) is 3. The van der Waals surface area contributed by atoms with Gasteiger partial charge in [0.25, 0.3) is 5.91 Å². The van der Waals surface area contributed by atoms with Crippen molar-refractivity contribution in [3.05, 3.63) is 63.8 Å². The molecule has 3 rings (SSSR count). The normalized spacial score (nSPS) is 10.9. The van der Waals surface area contributed by atoms with Gasteiger partial charge in [-0.2, -0.15) is 0 Å². The van der Waals surface area contributed by atoms with Gasteiger partial charge in [0.15, 0.2) is 17.5 Å². The second kappa shape index (κ2) is 5.06. The average molecular weight is 307 g/mol. The molecule has 1 aromatic heterocycles. The van der Waals surface area contributed by atoms with Crippen molar-refractivity contribution in [1.29, 1.82) is 0 Å². The lowest BCUT2D eigenvalue weighted by molar-refractivity contribution is 0.102. The molecule has 0 aliphatic carbocycles. The van der Waals surface area contributed by atoms with E-state index in [0.717, 1.165) is 6.07 Å². The van der Waals surface area contributed by atoms with Crippen LogP contribution >= 0.6 is 0 Å². The second-order valence-corrected chi connectivity index (χ2v) is 4.52. The van der Waals surface area contributed by atoms with E-state index in [1.54, 1.807) is 0 Å². The molecule has 1 heterocycles. The molecule has 8 heteroatoms. The third-order valence-electron chi connectivity index (χ3n) is 3.05. The van der Waals surface area contributed by atoms with E-state index >= 15 is 0 Å². The van der Waals surface area contributed by atoms with Crippen molar-refractivity contribution in [2.24, 2.45) is 0 Å². The lowest BCUT2D eigenvalue weighted by Crippen LogP contribution is -2.15. The molecule has 3 aromatic rings. The zero-order valence-corrected chi connectivity index (χ0v) is 10.8. The Balaban J connectivity index is 1.92. The first-order valence-electron chi connectivity index (χ1n) is 6.12. The Bertz CT molecular complexity index is 946. The van der Waals surface area contributed by atoms with Crippen molar-refractivity contribution in [1.82, 2.24) is 9.97 Å². The summed E-state index contributed by atoms with van der Waals surface area (Å²) in [6.45, 7) is 0. The van der Waals surface area contributed by atoms with E-state index in [-0.39, 0.29) is 5.69 Å². The van der Waals surface area contributed by atoms with Gasteiger partial charge in [-0.1, -0.05) is 0 Å². The number of amides is 1. The molecular formula is C14H8F3N3O2. The van der Waals surface area contributed by atoms with E-state index in [1.165, 1.54) is 18.2 Å². The number of aromatic nitrogens is 2. The van der Waals surface area contributed by atoms with E-state index in [0.29, 0.717) is 17.1 Å². The van der Waals surface area contributed by atoms with Gasteiger partial charge in [0.05, 0.1) is 16.6 Å². The van der Waals surface area contributed by atoms with Gasteiger partial charge >= 0.3 is 5.69 Å². The Morgan fingerprint density at radius 3 is 2.45 bits per heavy atom. The Morgan fingerprint density at radius 1 is 0.955 bits per heavy atom. The van der Waals surface area contributed by atoms with Gasteiger partial charge in [-0.3, -0.25) is 4.79 Å². The van der Waals surface area contributed by atoms with Crippen LogP contribution in [0.25, 0.3) is 11.0 Å². The van der Waals surface area contributed by atoms with Crippen molar-refractivity contribution >= 4 is 22.6 Å². The van der Waals surface area contributed by atoms with E-state index in [1.807, 2.05) is 0 Å². The third-order valence-corrected chi connectivity index (χ3v) is 3.05. The van der Waals surface area contributed by atoms with Crippen molar-refractivity contribution in [3.8, 4) is 0 Å². The van der Waals surface area contributed by atoms with Gasteiger partial charge < -0.3 is 15.3 Å². The van der Waals surface area contributed by atoms with E-state index in [2.05, 4.69) is 15.3 Å². The van der Waals surface area contributed by atoms with Gasteiger partial charge in [-0.05, 0) is 30.3 Å². The molecule has 0 unspecified atom stereocenters. The molecule has 0 radical (unpaired) electrons. The van der Waals surface area contributed by atoms with Crippen LogP contribution in [0, 0.1) is 17.5 Å². The highest BCUT2D eigenvalue weighted by Crippen LogP contribution is 2.19. The summed E-state index contributed by atoms with van der Waals surface area (Å²) in [5.41, 5.74) is 0.194. The molecule has 1 amide bonds. The SMILES string of the molecule is O=C(Nc1ccc2[nH]c(=O)[nH]c2c1)c1ccc(F)c(F)c1F. The fraction of sp³-hybridized carbons (Fsp3) is 0. The lowest BCUT2D eigenvalue weighted by atomic mass is 10.1. The summed E-state index contributed by atoms with van der Waals surface area (Å²) in [5.74, 6) is -5.58. The standard InChI is InChI=1S/C14H8F3N3O2/c15-8-3-2-7(11(16)12(8)17)13(21)18-6-1-4-9-10(5-6)20-14(22)19-9/h1-5H,(H,18,21)(H2,19,20,22). The van der Waals surface area contributed by atoms with Crippen LogP contribution in [-0.4, -0.2) is 15.9 Å². The van der Waals surface area contributed by atoms with E-state index < -0.39 is 34.6 Å². The summed E-state index contributed by atoms with van der Waals surface area (Å²) in [6.07, 6.45) is 0. The van der Waals surface area contributed by atoms with Crippen LogP contribution in [0.5, 0.6) is 0 Å². The molecule has 0 saturated heterocycles. The Kier molecular flexibility index (Phi) is 3.21. The maximum Gasteiger partial charge on any atom is 0.323 e.